The third-order valence-corrected chi connectivity index (χ3v) is 4.26. The molecule has 1 unspecified atom stereocenters. The molecule has 3 nitrogen and oxygen atoms in total. The zero-order valence-electron chi connectivity index (χ0n) is 11.2. The van der Waals surface area contributed by atoms with Crippen molar-refractivity contribution in [3.63, 3.8) is 0 Å². The van der Waals surface area contributed by atoms with Gasteiger partial charge in [-0.05, 0) is 40.5 Å². The van der Waals surface area contributed by atoms with Crippen LogP contribution < -0.4 is 5.32 Å². The summed E-state index contributed by atoms with van der Waals surface area (Å²) in [6.45, 7) is 9.62. The summed E-state index contributed by atoms with van der Waals surface area (Å²) in [5.41, 5.74) is 2.44. The highest BCUT2D eigenvalue weighted by atomic mass is 32.1. The lowest BCUT2D eigenvalue weighted by molar-refractivity contribution is 0.543. The van der Waals surface area contributed by atoms with Crippen molar-refractivity contribution in [2.75, 3.05) is 6.54 Å². The Morgan fingerprint density at radius 3 is 2.72 bits per heavy atom. The van der Waals surface area contributed by atoms with E-state index >= 15 is 0 Å². The molecule has 2 aromatic heterocycles. The van der Waals surface area contributed by atoms with Crippen LogP contribution in [0.4, 0.5) is 0 Å². The lowest BCUT2D eigenvalue weighted by Gasteiger charge is -2.21. The Morgan fingerprint density at radius 1 is 1.39 bits per heavy atom. The van der Waals surface area contributed by atoms with Gasteiger partial charge in [0.25, 0.3) is 0 Å². The van der Waals surface area contributed by atoms with E-state index in [2.05, 4.69) is 59.4 Å². The van der Waals surface area contributed by atoms with Gasteiger partial charge in [-0.1, -0.05) is 32.2 Å². The van der Waals surface area contributed by atoms with Crippen molar-refractivity contribution in [1.82, 2.24) is 14.9 Å². The van der Waals surface area contributed by atoms with Gasteiger partial charge in [-0.3, -0.25) is 0 Å². The average Bonchev–Trinajstić information content (AvgIpc) is 2.96. The molecule has 5 heteroatoms. The first kappa shape index (κ1) is 13.6. The van der Waals surface area contributed by atoms with E-state index in [1.54, 1.807) is 11.3 Å². The number of aromatic nitrogens is 2. The van der Waals surface area contributed by atoms with Crippen LogP contribution in [0.1, 0.15) is 49.9 Å². The van der Waals surface area contributed by atoms with Crippen LogP contribution in [0.5, 0.6) is 0 Å². The molecule has 0 saturated heterocycles. The highest BCUT2D eigenvalue weighted by molar-refractivity contribution is 7.08. The molecular weight excluding hydrogens is 262 g/mol. The van der Waals surface area contributed by atoms with E-state index in [1.807, 2.05) is 0 Å². The van der Waals surface area contributed by atoms with Crippen molar-refractivity contribution in [2.24, 2.45) is 0 Å². The number of thiophene rings is 1. The molecule has 0 amide bonds. The molecule has 2 aromatic rings. The van der Waals surface area contributed by atoms with Gasteiger partial charge in [0.1, 0.15) is 0 Å². The first-order valence-corrected chi connectivity index (χ1v) is 7.84. The smallest absolute Gasteiger partial charge is 0.0860 e. The Bertz CT molecular complexity index is 483. The summed E-state index contributed by atoms with van der Waals surface area (Å²) in [4.78, 5) is 1.24. The van der Waals surface area contributed by atoms with E-state index in [9.17, 15) is 0 Å². The van der Waals surface area contributed by atoms with Crippen molar-refractivity contribution in [1.29, 1.82) is 0 Å². The number of hydrogen-bond donors (Lipinski definition) is 1. The SMILES string of the molecule is CCNC(c1ccsc1)c1snnc1C(C)(C)C. The summed E-state index contributed by atoms with van der Waals surface area (Å²) in [6, 6.07) is 2.39. The van der Waals surface area contributed by atoms with Gasteiger partial charge in [0.2, 0.25) is 0 Å². The lowest BCUT2D eigenvalue weighted by atomic mass is 9.89. The predicted molar refractivity (Wildman–Crippen MR) is 78.4 cm³/mol. The van der Waals surface area contributed by atoms with Crippen LogP contribution in [0.2, 0.25) is 0 Å². The van der Waals surface area contributed by atoms with Crippen molar-refractivity contribution >= 4 is 22.9 Å². The molecule has 0 aliphatic rings. The number of nitrogens with zero attached hydrogens (tertiary/aromatic N) is 2. The number of rotatable bonds is 4. The molecule has 0 aromatic carbocycles. The fourth-order valence-corrected chi connectivity index (χ4v) is 3.57. The second-order valence-corrected chi connectivity index (χ2v) is 6.85. The molecule has 1 atom stereocenters. The fourth-order valence-electron chi connectivity index (χ4n) is 1.91. The number of hydrogen-bond acceptors (Lipinski definition) is 5. The highest BCUT2D eigenvalue weighted by Crippen LogP contribution is 2.34. The largest absolute Gasteiger partial charge is 0.306 e. The van der Waals surface area contributed by atoms with Crippen molar-refractivity contribution < 1.29 is 0 Å². The topological polar surface area (TPSA) is 37.8 Å². The summed E-state index contributed by atoms with van der Waals surface area (Å²) in [5.74, 6) is 0. The van der Waals surface area contributed by atoms with E-state index in [4.69, 9.17) is 0 Å². The predicted octanol–water partition coefficient (Wildman–Crippen LogP) is 3.60. The quantitative estimate of drug-likeness (QED) is 0.930. The normalized spacial score (nSPS) is 13.8. The molecule has 2 rings (SSSR count). The van der Waals surface area contributed by atoms with E-state index in [0.29, 0.717) is 0 Å². The Kier molecular flexibility index (Phi) is 4.14. The van der Waals surface area contributed by atoms with Gasteiger partial charge in [-0.2, -0.15) is 11.3 Å². The second kappa shape index (κ2) is 5.47. The monoisotopic (exact) mass is 281 g/mol. The molecule has 98 valence electrons. The third-order valence-electron chi connectivity index (χ3n) is 2.77. The van der Waals surface area contributed by atoms with Crippen LogP contribution in [-0.2, 0) is 5.41 Å². The molecular formula is C13H19N3S2. The minimum atomic E-state index is 0.0338. The maximum Gasteiger partial charge on any atom is 0.0860 e. The van der Waals surface area contributed by atoms with Crippen molar-refractivity contribution in [3.8, 4) is 0 Å². The lowest BCUT2D eigenvalue weighted by Crippen LogP contribution is -2.24. The van der Waals surface area contributed by atoms with Crippen LogP contribution in [0.25, 0.3) is 0 Å². The van der Waals surface area contributed by atoms with E-state index in [1.165, 1.54) is 22.0 Å². The Hall–Kier alpha value is -0.780. The molecule has 0 aliphatic heterocycles. The Morgan fingerprint density at radius 2 is 2.17 bits per heavy atom. The highest BCUT2D eigenvalue weighted by Gasteiger charge is 2.27. The Balaban J connectivity index is 2.41. The van der Waals surface area contributed by atoms with Crippen LogP contribution in [0.3, 0.4) is 0 Å². The van der Waals surface area contributed by atoms with Crippen molar-refractivity contribution in [3.05, 3.63) is 33.0 Å². The van der Waals surface area contributed by atoms with Gasteiger partial charge in [0.15, 0.2) is 0 Å². The van der Waals surface area contributed by atoms with Crippen LogP contribution in [-0.4, -0.2) is 16.1 Å². The average molecular weight is 281 g/mol. The van der Waals surface area contributed by atoms with E-state index in [0.717, 1.165) is 12.2 Å². The van der Waals surface area contributed by atoms with Crippen LogP contribution in [0.15, 0.2) is 16.8 Å². The minimum absolute atomic E-state index is 0.0338. The zero-order valence-corrected chi connectivity index (χ0v) is 12.9. The first-order valence-electron chi connectivity index (χ1n) is 6.12. The maximum atomic E-state index is 4.33. The maximum absolute atomic E-state index is 4.33. The minimum Gasteiger partial charge on any atom is -0.306 e. The van der Waals surface area contributed by atoms with Gasteiger partial charge >= 0.3 is 0 Å². The van der Waals surface area contributed by atoms with Crippen LogP contribution >= 0.6 is 22.9 Å². The molecule has 0 bridgehead atoms. The zero-order chi connectivity index (χ0) is 13.2. The van der Waals surface area contributed by atoms with Crippen molar-refractivity contribution in [2.45, 2.75) is 39.2 Å². The summed E-state index contributed by atoms with van der Waals surface area (Å²) < 4.78 is 4.16. The molecule has 0 radical (unpaired) electrons. The summed E-state index contributed by atoms with van der Waals surface area (Å²) in [7, 11) is 0. The summed E-state index contributed by atoms with van der Waals surface area (Å²) in [5, 5.41) is 12.2. The van der Waals surface area contributed by atoms with E-state index < -0.39 is 0 Å². The summed E-state index contributed by atoms with van der Waals surface area (Å²) >= 11 is 3.23. The standard InChI is InChI=1S/C13H19N3S2/c1-5-14-10(9-6-7-17-8-9)11-12(13(2,3)4)15-16-18-11/h6-8,10,14H,5H2,1-4H3. The fraction of sp³-hybridized carbons (Fsp3) is 0.538. The van der Waals surface area contributed by atoms with Gasteiger partial charge in [-0.25, -0.2) is 0 Å². The molecule has 0 saturated carbocycles. The third kappa shape index (κ3) is 2.79. The summed E-state index contributed by atoms with van der Waals surface area (Å²) in [6.07, 6.45) is 0. The second-order valence-electron chi connectivity index (χ2n) is 5.28. The Labute approximate surface area is 116 Å². The molecule has 0 fully saturated rings. The first-order chi connectivity index (χ1) is 8.54. The number of nitrogens with one attached hydrogen (secondary N) is 1. The molecule has 0 spiro atoms. The molecule has 18 heavy (non-hydrogen) atoms. The van der Waals surface area contributed by atoms with Gasteiger partial charge < -0.3 is 5.32 Å². The van der Waals surface area contributed by atoms with E-state index in [-0.39, 0.29) is 11.5 Å². The van der Waals surface area contributed by atoms with Crippen LogP contribution in [0, 0.1) is 0 Å². The van der Waals surface area contributed by atoms with Gasteiger partial charge in [0, 0.05) is 5.41 Å². The molecule has 1 N–H and O–H groups in total. The molecule has 2 heterocycles. The van der Waals surface area contributed by atoms with Gasteiger partial charge in [-0.15, -0.1) is 5.10 Å². The van der Waals surface area contributed by atoms with Gasteiger partial charge in [0.05, 0.1) is 16.6 Å². The molecule has 0 aliphatic carbocycles.